The summed E-state index contributed by atoms with van der Waals surface area (Å²) < 4.78 is 65.9. The smallest absolute Gasteiger partial charge is 0.314 e. The molecule has 0 aromatic heterocycles. The van der Waals surface area contributed by atoms with Gasteiger partial charge in [-0.2, -0.15) is 0 Å². The fraction of sp³-hybridized carbons (Fsp3) is 0.891. The number of methoxy groups -OCH3 is 1. The first kappa shape index (κ1) is 60.3. The van der Waals surface area contributed by atoms with Crippen LogP contribution in [0.25, 0.3) is 0 Å². The van der Waals surface area contributed by atoms with Gasteiger partial charge in [0.1, 0.15) is 91.1 Å². The second kappa shape index (κ2) is 22.0. The Morgan fingerprint density at radius 3 is 2.08 bits per heavy atom. The Bertz CT molecular complexity index is 2220. The van der Waals surface area contributed by atoms with Crippen LogP contribution in [0.3, 0.4) is 0 Å². The monoisotopic (exact) mass is 1110 g/mol. The number of ether oxygens (including phenoxy) is 11. The van der Waals surface area contributed by atoms with Crippen LogP contribution < -0.4 is 0 Å². The van der Waals surface area contributed by atoms with Crippen molar-refractivity contribution in [1.29, 1.82) is 0 Å². The third kappa shape index (κ3) is 10.2. The third-order valence-corrected chi connectivity index (χ3v) is 19.8. The minimum absolute atomic E-state index is 0.0490. The molecule has 9 rings (SSSR count). The quantitative estimate of drug-likeness (QED) is 0.0793. The van der Waals surface area contributed by atoms with Gasteiger partial charge in [-0.3, -0.25) is 9.59 Å². The van der Waals surface area contributed by atoms with Gasteiger partial charge in [0, 0.05) is 25.9 Å². The summed E-state index contributed by atoms with van der Waals surface area (Å²) in [4.78, 5) is 27.4. The molecule has 0 unspecified atom stereocenters. The average molecular weight is 1120 g/mol. The van der Waals surface area contributed by atoms with Crippen molar-refractivity contribution >= 4 is 11.9 Å². The number of cyclic esters (lactones) is 1. The maximum atomic E-state index is 14.6. The zero-order chi connectivity index (χ0) is 57.0. The molecule has 1 spiro atoms. The summed E-state index contributed by atoms with van der Waals surface area (Å²) in [7, 11) is 1.26. The molecule has 0 amide bonds. The number of rotatable bonds is 14. The standard InChI is InChI=1S/C55H86O23/c1-24-40(75-47-39(65)42(35(61)31(21-56)73-47)76-45-38(64)41(68-10)29(59)23-69-45)36(62)37(63)46(71-24)77-43-34(60)28(58)22-70-48(43)74-33-15-18-52(7)26-14-19-55-44(54(9,78-49(55)66)17-11-16-50(3,4)67)30(72-25(2)57)20-53(55,8)27(26)12-13-32(52)51(33,5)6/h11-12,16,24,26,28-48,56,58-65,67H,13-15,17-23H2,1-10H3/b16-11+/t24-,26-,28-,29-,30+,31-,32+,33+,34+,35-,36-,37-,38-,39-,40-,41+,42+,43-,44-,45+,46+,47+,48+,52-,53+,54+,55-/m1/s1. The van der Waals surface area contributed by atoms with Crippen LogP contribution in [-0.4, -0.2) is 224 Å². The van der Waals surface area contributed by atoms with Gasteiger partial charge in [-0.05, 0) is 88.9 Å². The predicted octanol–water partition coefficient (Wildman–Crippen LogP) is -0.236. The molecule has 4 aliphatic carbocycles. The molecule has 0 bridgehead atoms. The summed E-state index contributed by atoms with van der Waals surface area (Å²) in [6.07, 6.45) is -18.6. The Hall–Kier alpha value is -2.34. The van der Waals surface area contributed by atoms with Crippen LogP contribution in [0.1, 0.15) is 107 Å². The van der Waals surface area contributed by atoms with Crippen molar-refractivity contribution in [3.63, 3.8) is 0 Å². The minimum atomic E-state index is -1.88. The fourth-order valence-electron chi connectivity index (χ4n) is 16.0. The molecule has 444 valence electrons. The molecule has 0 aromatic carbocycles. The second-order valence-electron chi connectivity index (χ2n) is 25.5. The van der Waals surface area contributed by atoms with Gasteiger partial charge in [-0.25, -0.2) is 0 Å². The van der Waals surface area contributed by atoms with E-state index >= 15 is 0 Å². The maximum absolute atomic E-state index is 14.6. The van der Waals surface area contributed by atoms with Crippen LogP contribution in [-0.2, 0) is 61.7 Å². The van der Waals surface area contributed by atoms with Gasteiger partial charge in [0.15, 0.2) is 25.2 Å². The summed E-state index contributed by atoms with van der Waals surface area (Å²) >= 11 is 0. The van der Waals surface area contributed by atoms with Gasteiger partial charge in [0.05, 0.1) is 49.0 Å². The van der Waals surface area contributed by atoms with E-state index in [9.17, 15) is 60.7 Å². The molecule has 9 aliphatic rings. The zero-order valence-electron chi connectivity index (χ0n) is 46.4. The lowest BCUT2D eigenvalue weighted by Gasteiger charge is -2.63. The zero-order valence-corrected chi connectivity index (χ0v) is 46.4. The molecule has 78 heavy (non-hydrogen) atoms. The highest BCUT2D eigenvalue weighted by molar-refractivity contribution is 5.84. The van der Waals surface area contributed by atoms with Crippen LogP contribution in [0.4, 0.5) is 0 Å². The predicted molar refractivity (Wildman–Crippen MR) is 267 cm³/mol. The Morgan fingerprint density at radius 1 is 0.769 bits per heavy atom. The van der Waals surface area contributed by atoms with Crippen LogP contribution >= 0.6 is 0 Å². The van der Waals surface area contributed by atoms with Crippen LogP contribution in [0.15, 0.2) is 23.8 Å². The molecule has 23 nitrogen and oxygen atoms in total. The van der Waals surface area contributed by atoms with Gasteiger partial charge in [0.2, 0.25) is 0 Å². The number of esters is 2. The van der Waals surface area contributed by atoms with Crippen LogP contribution in [0.2, 0.25) is 0 Å². The molecule has 23 heteroatoms. The van der Waals surface area contributed by atoms with E-state index in [4.69, 9.17) is 52.1 Å². The van der Waals surface area contributed by atoms with E-state index in [0.717, 1.165) is 6.42 Å². The first-order valence-corrected chi connectivity index (χ1v) is 27.7. The first-order chi connectivity index (χ1) is 36.5. The molecule has 10 N–H and O–H groups in total. The van der Waals surface area contributed by atoms with Gasteiger partial charge in [-0.1, -0.05) is 51.5 Å². The van der Waals surface area contributed by atoms with Crippen molar-refractivity contribution in [3.05, 3.63) is 23.8 Å². The highest BCUT2D eigenvalue weighted by Gasteiger charge is 2.79. The minimum Gasteiger partial charge on any atom is -0.462 e. The van der Waals surface area contributed by atoms with Crippen molar-refractivity contribution in [1.82, 2.24) is 0 Å². The van der Waals surface area contributed by atoms with Crippen LogP contribution in [0, 0.1) is 39.4 Å². The van der Waals surface area contributed by atoms with Crippen molar-refractivity contribution in [2.24, 2.45) is 39.4 Å². The van der Waals surface area contributed by atoms with E-state index in [1.165, 1.54) is 26.5 Å². The molecular formula is C55H86O23. The summed E-state index contributed by atoms with van der Waals surface area (Å²) in [6.45, 7) is 15.5. The Labute approximate surface area is 455 Å². The number of fused-ring (bicyclic) bond motifs is 4. The molecule has 0 radical (unpaired) electrons. The number of aliphatic hydroxyl groups excluding tert-OH is 9. The second-order valence-corrected chi connectivity index (χ2v) is 25.5. The molecule has 5 saturated heterocycles. The number of hydrogen-bond donors (Lipinski definition) is 10. The van der Waals surface area contributed by atoms with E-state index in [-0.39, 0.29) is 36.4 Å². The highest BCUT2D eigenvalue weighted by Crippen LogP contribution is 2.76. The summed E-state index contributed by atoms with van der Waals surface area (Å²) in [5.41, 5.74) is -3.30. The first-order valence-electron chi connectivity index (χ1n) is 27.7. The van der Waals surface area contributed by atoms with Crippen molar-refractivity contribution < 1.29 is 113 Å². The summed E-state index contributed by atoms with van der Waals surface area (Å²) in [5, 5.41) is 110. The van der Waals surface area contributed by atoms with Gasteiger partial charge < -0.3 is 103 Å². The molecule has 27 atom stereocenters. The third-order valence-electron chi connectivity index (χ3n) is 19.8. The molecule has 8 fully saturated rings. The molecule has 0 aromatic rings. The molecule has 3 saturated carbocycles. The van der Waals surface area contributed by atoms with E-state index in [1.807, 2.05) is 13.0 Å². The van der Waals surface area contributed by atoms with E-state index in [1.54, 1.807) is 19.9 Å². The van der Waals surface area contributed by atoms with Crippen LogP contribution in [0.5, 0.6) is 0 Å². The van der Waals surface area contributed by atoms with Gasteiger partial charge in [0.25, 0.3) is 0 Å². The normalized spacial score (nSPS) is 51.2. The Kier molecular flexibility index (Phi) is 17.0. The van der Waals surface area contributed by atoms with E-state index < -0.39 is 169 Å². The van der Waals surface area contributed by atoms with Gasteiger partial charge >= 0.3 is 11.9 Å². The number of carbonyl (C=O) groups is 2. The summed E-state index contributed by atoms with van der Waals surface area (Å²) in [6, 6.07) is 0. The van der Waals surface area contributed by atoms with Gasteiger partial charge in [-0.15, -0.1) is 0 Å². The van der Waals surface area contributed by atoms with Crippen molar-refractivity contribution in [2.75, 3.05) is 26.9 Å². The Balaban J connectivity index is 0.889. The lowest BCUT2D eigenvalue weighted by atomic mass is 9.41. The largest absolute Gasteiger partial charge is 0.462 e. The van der Waals surface area contributed by atoms with Crippen molar-refractivity contribution in [2.45, 2.75) is 241 Å². The number of allylic oxidation sites excluding steroid dienone is 2. The molecule has 5 heterocycles. The lowest BCUT2D eigenvalue weighted by Crippen LogP contribution is -2.66. The lowest BCUT2D eigenvalue weighted by molar-refractivity contribution is -0.387. The highest BCUT2D eigenvalue weighted by atomic mass is 16.8. The fourth-order valence-corrected chi connectivity index (χ4v) is 16.0. The van der Waals surface area contributed by atoms with E-state index in [0.29, 0.717) is 38.5 Å². The molecular weight excluding hydrogens is 1030 g/mol. The SMILES string of the molecule is CO[C@@H]1[C@@H](O)[C@H](O[C@@H]2[C@@H](O)[C@H](O[C@H]3[C@H](O)[C@@H](O)[C@H](O[C@H]4[C@H](O[C@H]5CC[C@]6(C)[C@@H]7CC[C@]89C(=O)O[C@@](C)(C/C=C/C(C)(C)O)[C@H]8[C@@H](OC(C)=O)C[C@@]9(C)C7=CC[C@H]6C5(C)C)OC[C@@H](O)[C@@H]4O)O[C@@H]3C)O[C@H](CO)[C@H]2O)OC[C@H]1O. The van der Waals surface area contributed by atoms with E-state index in [2.05, 4.69) is 33.8 Å². The Morgan fingerprint density at radius 2 is 1.41 bits per heavy atom. The molecule has 5 aliphatic heterocycles. The number of hydrogen-bond acceptors (Lipinski definition) is 23. The topological polar surface area (TPSA) is 338 Å². The number of carbonyl (C=O) groups excluding carboxylic acids is 2. The average Bonchev–Trinajstić information content (AvgIpc) is 3.51. The maximum Gasteiger partial charge on any atom is 0.314 e. The summed E-state index contributed by atoms with van der Waals surface area (Å²) in [5.74, 6) is -1.01. The van der Waals surface area contributed by atoms with Crippen molar-refractivity contribution in [3.8, 4) is 0 Å². The number of aliphatic hydroxyl groups is 10.